The van der Waals surface area contributed by atoms with Gasteiger partial charge in [0.15, 0.2) is 11.8 Å². The Hall–Kier alpha value is -1.68. The Morgan fingerprint density at radius 3 is 2.73 bits per heavy atom. The minimum absolute atomic E-state index is 0. The summed E-state index contributed by atoms with van der Waals surface area (Å²) < 4.78 is 6.21. The molecule has 1 aliphatic carbocycles. The van der Waals surface area contributed by atoms with E-state index < -0.39 is 0 Å². The predicted molar refractivity (Wildman–Crippen MR) is 130 cm³/mol. The highest BCUT2D eigenvalue weighted by atomic mass is 127. The predicted octanol–water partition coefficient (Wildman–Crippen LogP) is 3.84. The van der Waals surface area contributed by atoms with Gasteiger partial charge in [-0.25, -0.2) is 4.98 Å². The van der Waals surface area contributed by atoms with E-state index in [0.29, 0.717) is 6.10 Å². The van der Waals surface area contributed by atoms with Gasteiger partial charge in [-0.3, -0.25) is 10.1 Å². The van der Waals surface area contributed by atoms with Gasteiger partial charge < -0.3 is 15.0 Å². The average molecular weight is 524 g/mol. The third-order valence-electron chi connectivity index (χ3n) is 6.06. The number of hydrogen-bond acceptors (Lipinski definition) is 4. The summed E-state index contributed by atoms with van der Waals surface area (Å²) in [6, 6.07) is 8.33. The average Bonchev–Trinajstić information content (AvgIpc) is 3.48. The number of piperidine rings is 1. The van der Waals surface area contributed by atoms with Crippen LogP contribution >= 0.6 is 24.0 Å². The molecule has 2 N–H and O–H groups in total. The fourth-order valence-electron chi connectivity index (χ4n) is 4.37. The summed E-state index contributed by atoms with van der Waals surface area (Å²) in [5, 5.41) is 10.4. The van der Waals surface area contributed by atoms with Crippen LogP contribution in [-0.2, 0) is 11.3 Å². The van der Waals surface area contributed by atoms with Gasteiger partial charge in [0, 0.05) is 38.9 Å². The zero-order chi connectivity index (χ0) is 19.9. The molecule has 1 aromatic carbocycles. The lowest BCUT2D eigenvalue weighted by Gasteiger charge is -2.34. The molecule has 0 unspecified atom stereocenters. The van der Waals surface area contributed by atoms with E-state index in [4.69, 9.17) is 4.74 Å². The van der Waals surface area contributed by atoms with Crippen LogP contribution in [0, 0.1) is 5.92 Å². The van der Waals surface area contributed by atoms with Gasteiger partial charge in [0.05, 0.1) is 6.10 Å². The van der Waals surface area contributed by atoms with Crippen molar-refractivity contribution in [3.63, 3.8) is 0 Å². The maximum Gasteiger partial charge on any atom is 0.193 e. The van der Waals surface area contributed by atoms with E-state index >= 15 is 0 Å². The molecule has 164 valence electrons. The Kier molecular flexibility index (Phi) is 8.92. The first-order valence-corrected chi connectivity index (χ1v) is 10.8. The zero-order valence-electron chi connectivity index (χ0n) is 17.7. The molecule has 2 aliphatic rings. The van der Waals surface area contributed by atoms with E-state index in [2.05, 4.69) is 42.5 Å². The van der Waals surface area contributed by atoms with Crippen molar-refractivity contribution in [1.29, 1.82) is 0 Å². The number of H-pyrrole nitrogens is 1. The highest BCUT2D eigenvalue weighted by Gasteiger charge is 2.23. The van der Waals surface area contributed by atoms with Crippen LogP contribution in [0.15, 0.2) is 35.6 Å². The highest BCUT2D eigenvalue weighted by molar-refractivity contribution is 14.0. The van der Waals surface area contributed by atoms with Gasteiger partial charge in [-0.15, -0.1) is 24.0 Å². The second-order valence-corrected chi connectivity index (χ2v) is 8.11. The SMILES string of the molecule is CN=C(NCc1cccc(-c2ncn[nH]2)c1)N1CCC(OCC2CCCC2)CC1.I. The maximum atomic E-state index is 6.21. The molecule has 0 atom stereocenters. The van der Waals surface area contributed by atoms with Crippen LogP contribution in [0.1, 0.15) is 44.1 Å². The van der Waals surface area contributed by atoms with Gasteiger partial charge in [0.2, 0.25) is 0 Å². The molecule has 1 aliphatic heterocycles. The van der Waals surface area contributed by atoms with Crippen LogP contribution in [0.3, 0.4) is 0 Å². The lowest BCUT2D eigenvalue weighted by molar-refractivity contribution is 0.00101. The van der Waals surface area contributed by atoms with E-state index in [1.54, 1.807) is 0 Å². The molecule has 0 spiro atoms. The lowest BCUT2D eigenvalue weighted by Crippen LogP contribution is -2.46. The molecule has 2 aromatic rings. The molecule has 1 saturated heterocycles. The number of aromatic nitrogens is 3. The van der Waals surface area contributed by atoms with Crippen LogP contribution in [-0.4, -0.2) is 58.9 Å². The van der Waals surface area contributed by atoms with Gasteiger partial charge in [-0.05, 0) is 43.2 Å². The van der Waals surface area contributed by atoms with E-state index in [1.165, 1.54) is 37.6 Å². The van der Waals surface area contributed by atoms with Crippen LogP contribution in [0.2, 0.25) is 0 Å². The molecule has 0 amide bonds. The topological polar surface area (TPSA) is 78.4 Å². The van der Waals surface area contributed by atoms with Gasteiger partial charge in [-0.2, -0.15) is 5.10 Å². The summed E-state index contributed by atoms with van der Waals surface area (Å²) in [7, 11) is 1.86. The van der Waals surface area contributed by atoms with Gasteiger partial charge in [0.25, 0.3) is 0 Å². The van der Waals surface area contributed by atoms with Crippen molar-refractivity contribution in [1.82, 2.24) is 25.4 Å². The highest BCUT2D eigenvalue weighted by Crippen LogP contribution is 2.26. The molecule has 0 radical (unpaired) electrons. The van der Waals surface area contributed by atoms with E-state index in [9.17, 15) is 0 Å². The number of aromatic amines is 1. The minimum atomic E-state index is 0. The largest absolute Gasteiger partial charge is 0.378 e. The van der Waals surface area contributed by atoms with Crippen molar-refractivity contribution in [2.24, 2.45) is 10.9 Å². The van der Waals surface area contributed by atoms with Gasteiger partial charge in [0.1, 0.15) is 6.33 Å². The second kappa shape index (κ2) is 11.6. The number of hydrogen-bond donors (Lipinski definition) is 2. The second-order valence-electron chi connectivity index (χ2n) is 8.11. The van der Waals surface area contributed by atoms with E-state index in [0.717, 1.165) is 62.3 Å². The van der Waals surface area contributed by atoms with Crippen molar-refractivity contribution in [3.8, 4) is 11.4 Å². The quantitative estimate of drug-likeness (QED) is 0.341. The Bertz CT molecular complexity index is 783. The monoisotopic (exact) mass is 524 g/mol. The standard InChI is InChI=1S/C22H32N6O.HI/c1-23-22(24-14-18-7-4-8-19(13-18)21-25-16-26-27-21)28-11-9-20(10-12-28)29-15-17-5-2-3-6-17;/h4,7-8,13,16-17,20H,2-3,5-6,9-12,14-15H2,1H3,(H,23,24)(H,25,26,27);1H. The van der Waals surface area contributed by atoms with Crippen molar-refractivity contribution in [3.05, 3.63) is 36.2 Å². The number of rotatable bonds is 6. The Balaban J connectivity index is 0.00000256. The molecule has 30 heavy (non-hydrogen) atoms. The molecule has 1 saturated carbocycles. The molecular weight excluding hydrogens is 491 g/mol. The molecule has 8 heteroatoms. The van der Waals surface area contributed by atoms with Crippen LogP contribution in [0.5, 0.6) is 0 Å². The number of ether oxygens (including phenoxy) is 1. The van der Waals surface area contributed by atoms with Gasteiger partial charge in [-0.1, -0.05) is 31.0 Å². The van der Waals surface area contributed by atoms with E-state index in [1.807, 2.05) is 19.2 Å². The van der Waals surface area contributed by atoms with Crippen molar-refractivity contribution in [2.45, 2.75) is 51.2 Å². The van der Waals surface area contributed by atoms with Crippen LogP contribution in [0.25, 0.3) is 11.4 Å². The number of aliphatic imine (C=N–C) groups is 1. The minimum Gasteiger partial charge on any atom is -0.378 e. The van der Waals surface area contributed by atoms with Crippen LogP contribution in [0.4, 0.5) is 0 Å². The zero-order valence-corrected chi connectivity index (χ0v) is 20.0. The number of likely N-dealkylation sites (tertiary alicyclic amines) is 1. The first-order chi connectivity index (χ1) is 14.3. The molecular formula is C22H33IN6O. The molecule has 2 heterocycles. The summed E-state index contributed by atoms with van der Waals surface area (Å²) in [5.74, 6) is 2.55. The molecule has 2 fully saturated rings. The third-order valence-corrected chi connectivity index (χ3v) is 6.06. The van der Waals surface area contributed by atoms with Crippen molar-refractivity contribution < 1.29 is 4.74 Å². The number of nitrogens with one attached hydrogen (secondary N) is 2. The summed E-state index contributed by atoms with van der Waals surface area (Å²) in [6.07, 6.45) is 9.57. The molecule has 0 bridgehead atoms. The fourth-order valence-corrected chi connectivity index (χ4v) is 4.37. The summed E-state index contributed by atoms with van der Waals surface area (Å²) >= 11 is 0. The Morgan fingerprint density at radius 1 is 1.23 bits per heavy atom. The summed E-state index contributed by atoms with van der Waals surface area (Å²) in [5.41, 5.74) is 2.23. The van der Waals surface area contributed by atoms with Crippen molar-refractivity contribution in [2.75, 3.05) is 26.7 Å². The lowest BCUT2D eigenvalue weighted by atomic mass is 10.1. The first-order valence-electron chi connectivity index (χ1n) is 10.8. The van der Waals surface area contributed by atoms with E-state index in [-0.39, 0.29) is 24.0 Å². The maximum absolute atomic E-state index is 6.21. The fraction of sp³-hybridized carbons (Fsp3) is 0.591. The number of benzene rings is 1. The Labute approximate surface area is 196 Å². The first kappa shape index (κ1) is 23.0. The Morgan fingerprint density at radius 2 is 2.03 bits per heavy atom. The molecule has 1 aromatic heterocycles. The van der Waals surface area contributed by atoms with Crippen LogP contribution < -0.4 is 5.32 Å². The normalized spacial score (nSPS) is 18.4. The number of nitrogens with zero attached hydrogens (tertiary/aromatic N) is 4. The number of halogens is 1. The third kappa shape index (κ3) is 6.16. The number of guanidine groups is 1. The summed E-state index contributed by atoms with van der Waals surface area (Å²) in [4.78, 5) is 11.1. The molecule has 4 rings (SSSR count). The smallest absolute Gasteiger partial charge is 0.193 e. The summed E-state index contributed by atoms with van der Waals surface area (Å²) in [6.45, 7) is 3.67. The molecule has 7 nitrogen and oxygen atoms in total. The van der Waals surface area contributed by atoms with Gasteiger partial charge >= 0.3 is 0 Å². The van der Waals surface area contributed by atoms with Crippen molar-refractivity contribution >= 4 is 29.9 Å².